The second kappa shape index (κ2) is 4.89. The lowest BCUT2D eigenvalue weighted by Gasteiger charge is -2.02. The summed E-state index contributed by atoms with van der Waals surface area (Å²) in [4.78, 5) is 25.4. The smallest absolute Gasteiger partial charge is 0.356 e. The van der Waals surface area contributed by atoms with E-state index in [1.54, 1.807) is 0 Å². The second-order valence-electron chi connectivity index (χ2n) is 2.91. The van der Waals surface area contributed by atoms with Crippen LogP contribution in [0, 0.1) is 11.3 Å². The van der Waals surface area contributed by atoms with Crippen molar-refractivity contribution in [1.82, 2.24) is 4.98 Å². The largest absolute Gasteiger partial charge is 0.481 e. The molecule has 0 aliphatic heterocycles. The Morgan fingerprint density at radius 3 is 2.75 bits per heavy atom. The van der Waals surface area contributed by atoms with Crippen LogP contribution in [0.4, 0.5) is 0 Å². The van der Waals surface area contributed by atoms with E-state index in [-0.39, 0.29) is 23.4 Å². The molecule has 82 valence electrons. The second-order valence-corrected chi connectivity index (χ2v) is 2.91. The predicted octanol–water partition coefficient (Wildman–Crippen LogP) is 0.367. The molecule has 0 spiro atoms. The SMILES string of the molecule is COC(=O)c1cc(C#N)cc(CC(=O)O)n1. The molecule has 1 N–H and O–H groups in total. The first-order valence-corrected chi connectivity index (χ1v) is 4.28. The van der Waals surface area contributed by atoms with Gasteiger partial charge in [0.25, 0.3) is 0 Å². The quantitative estimate of drug-likeness (QED) is 0.738. The molecule has 6 heteroatoms. The molecule has 0 saturated carbocycles. The molecule has 0 aliphatic rings. The summed E-state index contributed by atoms with van der Waals surface area (Å²) in [6.07, 6.45) is -0.348. The number of nitriles is 1. The minimum Gasteiger partial charge on any atom is -0.481 e. The van der Waals surface area contributed by atoms with Gasteiger partial charge < -0.3 is 9.84 Å². The van der Waals surface area contributed by atoms with Crippen molar-refractivity contribution in [2.75, 3.05) is 7.11 Å². The van der Waals surface area contributed by atoms with Gasteiger partial charge in [0.2, 0.25) is 0 Å². The molecule has 1 aromatic heterocycles. The van der Waals surface area contributed by atoms with Crippen LogP contribution in [0.2, 0.25) is 0 Å². The van der Waals surface area contributed by atoms with E-state index in [1.807, 2.05) is 6.07 Å². The number of carbonyl (C=O) groups is 2. The van der Waals surface area contributed by atoms with E-state index in [2.05, 4.69) is 9.72 Å². The van der Waals surface area contributed by atoms with Gasteiger partial charge in [0, 0.05) is 0 Å². The highest BCUT2D eigenvalue weighted by atomic mass is 16.5. The molecule has 0 saturated heterocycles. The Bertz CT molecular complexity index is 476. The molecule has 1 rings (SSSR count). The van der Waals surface area contributed by atoms with Crippen molar-refractivity contribution in [2.45, 2.75) is 6.42 Å². The lowest BCUT2D eigenvalue weighted by Crippen LogP contribution is -2.09. The number of ether oxygens (including phenoxy) is 1. The van der Waals surface area contributed by atoms with E-state index in [1.165, 1.54) is 19.2 Å². The lowest BCUT2D eigenvalue weighted by molar-refractivity contribution is -0.136. The minimum atomic E-state index is -1.08. The third-order valence-corrected chi connectivity index (χ3v) is 1.73. The number of nitrogens with zero attached hydrogens (tertiary/aromatic N) is 2. The van der Waals surface area contributed by atoms with Crippen molar-refractivity contribution in [3.8, 4) is 6.07 Å². The zero-order valence-electron chi connectivity index (χ0n) is 8.43. The van der Waals surface area contributed by atoms with Crippen LogP contribution >= 0.6 is 0 Å². The lowest BCUT2D eigenvalue weighted by atomic mass is 10.1. The molecule has 1 aromatic rings. The Kier molecular flexibility index (Phi) is 3.56. The van der Waals surface area contributed by atoms with Crippen LogP contribution in [-0.4, -0.2) is 29.1 Å². The van der Waals surface area contributed by atoms with Crippen molar-refractivity contribution in [1.29, 1.82) is 5.26 Å². The predicted molar refractivity (Wildman–Crippen MR) is 51.6 cm³/mol. The van der Waals surface area contributed by atoms with Crippen LogP contribution in [0.3, 0.4) is 0 Å². The van der Waals surface area contributed by atoms with Gasteiger partial charge in [-0.2, -0.15) is 5.26 Å². The zero-order chi connectivity index (χ0) is 12.1. The van der Waals surface area contributed by atoms with Crippen LogP contribution < -0.4 is 0 Å². The molecule has 16 heavy (non-hydrogen) atoms. The molecule has 0 aliphatic carbocycles. The van der Waals surface area contributed by atoms with Crippen molar-refractivity contribution < 1.29 is 19.4 Å². The number of rotatable bonds is 3. The molecule has 0 aromatic carbocycles. The standard InChI is InChI=1S/C10H8N2O4/c1-16-10(15)8-3-6(5-11)2-7(12-8)4-9(13)14/h2-3H,4H2,1H3,(H,13,14). The first-order chi connectivity index (χ1) is 7.56. The van der Waals surface area contributed by atoms with Gasteiger partial charge in [-0.05, 0) is 12.1 Å². The molecular weight excluding hydrogens is 212 g/mol. The minimum absolute atomic E-state index is 0.0715. The van der Waals surface area contributed by atoms with E-state index < -0.39 is 11.9 Å². The monoisotopic (exact) mass is 220 g/mol. The topological polar surface area (TPSA) is 100 Å². The van der Waals surface area contributed by atoms with E-state index in [0.717, 1.165) is 0 Å². The van der Waals surface area contributed by atoms with Gasteiger partial charge >= 0.3 is 11.9 Å². The van der Waals surface area contributed by atoms with E-state index in [4.69, 9.17) is 10.4 Å². The summed E-state index contributed by atoms with van der Waals surface area (Å²) in [6.45, 7) is 0. The van der Waals surface area contributed by atoms with Gasteiger partial charge in [0.15, 0.2) is 0 Å². The molecule has 1 heterocycles. The third kappa shape index (κ3) is 2.78. The Morgan fingerprint density at radius 1 is 1.56 bits per heavy atom. The first-order valence-electron chi connectivity index (χ1n) is 4.28. The summed E-state index contributed by atoms with van der Waals surface area (Å²) >= 11 is 0. The highest BCUT2D eigenvalue weighted by Crippen LogP contribution is 2.07. The number of carboxylic acids is 1. The Labute approximate surface area is 91.1 Å². The summed E-state index contributed by atoms with van der Waals surface area (Å²) in [6, 6.07) is 4.39. The van der Waals surface area contributed by atoms with Gasteiger partial charge in [-0.1, -0.05) is 0 Å². The fourth-order valence-electron chi connectivity index (χ4n) is 1.11. The highest BCUT2D eigenvalue weighted by molar-refractivity contribution is 5.87. The van der Waals surface area contributed by atoms with Gasteiger partial charge in [-0.15, -0.1) is 0 Å². The molecule has 0 amide bonds. The maximum Gasteiger partial charge on any atom is 0.356 e. The summed E-state index contributed by atoms with van der Waals surface area (Å²) in [5.41, 5.74) is 0.247. The molecule has 0 unspecified atom stereocenters. The maximum atomic E-state index is 11.2. The van der Waals surface area contributed by atoms with Crippen molar-refractivity contribution in [3.63, 3.8) is 0 Å². The van der Waals surface area contributed by atoms with Crippen molar-refractivity contribution in [3.05, 3.63) is 29.1 Å². The number of methoxy groups -OCH3 is 1. The van der Waals surface area contributed by atoms with Gasteiger partial charge in [0.05, 0.1) is 30.9 Å². The van der Waals surface area contributed by atoms with Gasteiger partial charge in [0.1, 0.15) is 5.69 Å². The van der Waals surface area contributed by atoms with E-state index in [0.29, 0.717) is 0 Å². The number of aromatic nitrogens is 1. The van der Waals surface area contributed by atoms with Gasteiger partial charge in [-0.25, -0.2) is 9.78 Å². The number of hydrogen-bond donors (Lipinski definition) is 1. The molecule has 0 radical (unpaired) electrons. The Hall–Kier alpha value is -2.42. The maximum absolute atomic E-state index is 11.2. The Balaban J connectivity index is 3.16. The van der Waals surface area contributed by atoms with Crippen LogP contribution in [-0.2, 0) is 16.0 Å². The molecule has 0 atom stereocenters. The zero-order valence-corrected chi connectivity index (χ0v) is 8.43. The van der Waals surface area contributed by atoms with Crippen molar-refractivity contribution in [2.24, 2.45) is 0 Å². The van der Waals surface area contributed by atoms with Crippen LogP contribution in [0.25, 0.3) is 0 Å². The van der Waals surface area contributed by atoms with Crippen molar-refractivity contribution >= 4 is 11.9 Å². The van der Waals surface area contributed by atoms with E-state index >= 15 is 0 Å². The summed E-state index contributed by atoms with van der Waals surface area (Å²) < 4.78 is 4.44. The third-order valence-electron chi connectivity index (χ3n) is 1.73. The molecule has 0 bridgehead atoms. The number of pyridine rings is 1. The molecule has 0 fully saturated rings. The molecule has 6 nitrogen and oxygen atoms in total. The van der Waals surface area contributed by atoms with Crippen LogP contribution in [0.1, 0.15) is 21.7 Å². The average molecular weight is 220 g/mol. The fraction of sp³-hybridized carbons (Fsp3) is 0.200. The number of carboxylic acid groups (broad SMARTS) is 1. The molecular formula is C10H8N2O4. The number of carbonyl (C=O) groups excluding carboxylic acids is 1. The highest BCUT2D eigenvalue weighted by Gasteiger charge is 2.12. The number of hydrogen-bond acceptors (Lipinski definition) is 5. The van der Waals surface area contributed by atoms with Crippen LogP contribution in [0.15, 0.2) is 12.1 Å². The summed E-state index contributed by atoms with van der Waals surface area (Å²) in [5.74, 6) is -1.79. The number of aliphatic carboxylic acids is 1. The summed E-state index contributed by atoms with van der Waals surface area (Å²) in [7, 11) is 1.18. The van der Waals surface area contributed by atoms with Gasteiger partial charge in [-0.3, -0.25) is 4.79 Å². The van der Waals surface area contributed by atoms with Crippen LogP contribution in [0.5, 0.6) is 0 Å². The first kappa shape index (κ1) is 11.7. The van der Waals surface area contributed by atoms with E-state index in [9.17, 15) is 9.59 Å². The normalized spacial score (nSPS) is 9.25. The Morgan fingerprint density at radius 2 is 2.25 bits per heavy atom. The number of esters is 1. The fourth-order valence-corrected chi connectivity index (χ4v) is 1.11. The average Bonchev–Trinajstić information content (AvgIpc) is 2.26. The summed E-state index contributed by atoms with van der Waals surface area (Å²) in [5, 5.41) is 17.3.